The van der Waals surface area contributed by atoms with Crippen molar-refractivity contribution in [3.8, 4) is 0 Å². The summed E-state index contributed by atoms with van der Waals surface area (Å²) in [6, 6.07) is 0. The molecule has 0 aromatic rings. The quantitative estimate of drug-likeness (QED) is 0.0269. The second-order valence-electron chi connectivity index (χ2n) is 14.9. The number of unbranched alkanes of at least 4 members (excludes halogenated alkanes) is 20. The van der Waals surface area contributed by atoms with Crippen LogP contribution in [0.3, 0.4) is 0 Å². The van der Waals surface area contributed by atoms with Gasteiger partial charge in [0.2, 0.25) is 0 Å². The molecule has 0 rings (SSSR count). The number of phosphoric ester groups is 1. The van der Waals surface area contributed by atoms with Crippen molar-refractivity contribution in [2.24, 2.45) is 0 Å². The van der Waals surface area contributed by atoms with Gasteiger partial charge in [-0.15, -0.1) is 0 Å². The summed E-state index contributed by atoms with van der Waals surface area (Å²) in [5.74, 6) is -0.824. The SMILES string of the molecule is CCCCC/C=C\C/C=C\CCCCCCCCCC(=O)OCC(COP(=O)(O)OCCNC)OC(=O)CCCCCCCCC/C=C\C/C=C\CCCCC. The molecule has 2 unspecified atom stereocenters. The first-order valence-corrected chi connectivity index (χ1v) is 24.1. The first kappa shape index (κ1) is 54.0. The van der Waals surface area contributed by atoms with Gasteiger partial charge in [-0.3, -0.25) is 18.6 Å². The summed E-state index contributed by atoms with van der Waals surface area (Å²) in [4.78, 5) is 35.1. The second-order valence-corrected chi connectivity index (χ2v) is 16.3. The van der Waals surface area contributed by atoms with E-state index in [0.717, 1.165) is 70.6 Å². The van der Waals surface area contributed by atoms with Gasteiger partial charge in [-0.25, -0.2) is 4.57 Å². The van der Waals surface area contributed by atoms with Crippen LogP contribution in [-0.2, 0) is 32.7 Å². The molecule has 0 bridgehead atoms. The van der Waals surface area contributed by atoms with Crippen LogP contribution < -0.4 is 5.32 Å². The third-order valence-electron chi connectivity index (χ3n) is 9.42. The summed E-state index contributed by atoms with van der Waals surface area (Å²) in [6.45, 7) is 4.16. The summed E-state index contributed by atoms with van der Waals surface area (Å²) in [5, 5.41) is 2.82. The van der Waals surface area contributed by atoms with E-state index < -0.39 is 26.5 Å². The lowest BCUT2D eigenvalue weighted by atomic mass is 10.1. The minimum Gasteiger partial charge on any atom is -0.462 e. The largest absolute Gasteiger partial charge is 0.472 e. The molecule has 0 aliphatic carbocycles. The summed E-state index contributed by atoms with van der Waals surface area (Å²) in [5.41, 5.74) is 0. The van der Waals surface area contributed by atoms with Gasteiger partial charge >= 0.3 is 19.8 Å². The van der Waals surface area contributed by atoms with E-state index in [2.05, 4.69) is 67.8 Å². The van der Waals surface area contributed by atoms with Crippen LogP contribution in [0.4, 0.5) is 0 Å². The number of rotatable bonds is 42. The molecule has 0 aromatic heterocycles. The molecular formula is C46H84NO8P. The van der Waals surface area contributed by atoms with Crippen LogP contribution in [0.25, 0.3) is 0 Å². The molecule has 0 fully saturated rings. The second kappa shape index (κ2) is 42.6. The number of carbonyl (C=O) groups excluding carboxylic acids is 2. The average molecular weight is 810 g/mol. The number of phosphoric acid groups is 1. The number of hydrogen-bond acceptors (Lipinski definition) is 8. The number of carbonyl (C=O) groups is 2. The third kappa shape index (κ3) is 41.6. The molecule has 2 atom stereocenters. The van der Waals surface area contributed by atoms with Gasteiger partial charge in [-0.1, -0.05) is 152 Å². The molecule has 0 amide bonds. The highest BCUT2D eigenvalue weighted by Crippen LogP contribution is 2.43. The lowest BCUT2D eigenvalue weighted by Gasteiger charge is -2.20. The highest BCUT2D eigenvalue weighted by molar-refractivity contribution is 7.47. The van der Waals surface area contributed by atoms with E-state index in [-0.39, 0.29) is 32.0 Å². The Bertz CT molecular complexity index is 1060. The molecule has 10 heteroatoms. The molecular weight excluding hydrogens is 725 g/mol. The monoisotopic (exact) mass is 810 g/mol. The first-order valence-electron chi connectivity index (χ1n) is 22.6. The Morgan fingerprint density at radius 3 is 1.41 bits per heavy atom. The van der Waals surface area contributed by atoms with Crippen molar-refractivity contribution >= 4 is 19.8 Å². The van der Waals surface area contributed by atoms with Crippen LogP contribution in [0.5, 0.6) is 0 Å². The van der Waals surface area contributed by atoms with Crippen LogP contribution in [0.1, 0.15) is 194 Å². The fraction of sp³-hybridized carbons (Fsp3) is 0.783. The van der Waals surface area contributed by atoms with Crippen molar-refractivity contribution in [1.82, 2.24) is 5.32 Å². The van der Waals surface area contributed by atoms with Crippen molar-refractivity contribution < 1.29 is 37.6 Å². The van der Waals surface area contributed by atoms with Gasteiger partial charge < -0.3 is 19.7 Å². The van der Waals surface area contributed by atoms with Crippen LogP contribution >= 0.6 is 7.82 Å². The maximum atomic E-state index is 12.6. The Morgan fingerprint density at radius 1 is 0.554 bits per heavy atom. The molecule has 0 aliphatic rings. The van der Waals surface area contributed by atoms with E-state index in [9.17, 15) is 19.0 Å². The van der Waals surface area contributed by atoms with E-state index in [1.54, 1.807) is 7.05 Å². The van der Waals surface area contributed by atoms with E-state index in [1.165, 1.54) is 89.9 Å². The number of esters is 2. The Hall–Kier alpha value is -2.03. The van der Waals surface area contributed by atoms with Crippen molar-refractivity contribution in [3.63, 3.8) is 0 Å². The maximum absolute atomic E-state index is 12.6. The molecule has 0 aliphatic heterocycles. The predicted octanol–water partition coefficient (Wildman–Crippen LogP) is 13.0. The minimum atomic E-state index is -4.35. The van der Waals surface area contributed by atoms with Gasteiger partial charge in [0.1, 0.15) is 6.61 Å². The first-order chi connectivity index (χ1) is 27.3. The van der Waals surface area contributed by atoms with Crippen LogP contribution in [0.15, 0.2) is 48.6 Å². The highest BCUT2D eigenvalue weighted by Gasteiger charge is 2.26. The Balaban J connectivity index is 4.23. The molecule has 0 aromatic carbocycles. The van der Waals surface area contributed by atoms with E-state index >= 15 is 0 Å². The summed E-state index contributed by atoms with van der Waals surface area (Å²) >= 11 is 0. The Labute approximate surface area is 343 Å². The molecule has 0 heterocycles. The molecule has 326 valence electrons. The fourth-order valence-electron chi connectivity index (χ4n) is 5.97. The molecule has 9 nitrogen and oxygen atoms in total. The number of nitrogens with one attached hydrogen (secondary N) is 1. The standard InChI is InChI=1S/C46H84NO8P/c1-4-6-8-10-12-14-16-18-20-22-24-26-28-30-32-34-36-38-45(48)52-42-44(43-54-56(50,51)53-41-40-47-3)55-46(49)39-37-35-33-31-29-27-25-23-21-19-17-15-13-11-9-7-5-2/h12-15,18-21,44,47H,4-11,16-17,22-43H2,1-3H3,(H,50,51)/b14-12-,15-13-,20-18-,21-19-. The number of ether oxygens (including phenoxy) is 2. The summed E-state index contributed by atoms with van der Waals surface area (Å²) < 4.78 is 33.2. The lowest BCUT2D eigenvalue weighted by Crippen LogP contribution is -2.29. The maximum Gasteiger partial charge on any atom is 0.472 e. The van der Waals surface area contributed by atoms with Crippen molar-refractivity contribution in [2.45, 2.75) is 200 Å². The molecule has 0 saturated carbocycles. The van der Waals surface area contributed by atoms with Gasteiger partial charge in [0.25, 0.3) is 0 Å². The van der Waals surface area contributed by atoms with Gasteiger partial charge in [0.15, 0.2) is 6.10 Å². The Morgan fingerprint density at radius 2 is 0.964 bits per heavy atom. The molecule has 2 N–H and O–H groups in total. The van der Waals surface area contributed by atoms with Gasteiger partial charge in [-0.2, -0.15) is 0 Å². The van der Waals surface area contributed by atoms with Crippen molar-refractivity contribution in [2.75, 3.05) is 33.4 Å². The third-order valence-corrected chi connectivity index (χ3v) is 10.4. The van der Waals surface area contributed by atoms with Crippen LogP contribution in [0.2, 0.25) is 0 Å². The number of likely N-dealkylation sites (N-methyl/N-ethyl adjacent to an activating group) is 1. The zero-order chi connectivity index (χ0) is 41.1. The van der Waals surface area contributed by atoms with E-state index in [0.29, 0.717) is 13.0 Å². The minimum absolute atomic E-state index is 0.0212. The van der Waals surface area contributed by atoms with Crippen LogP contribution in [-0.4, -0.2) is 56.3 Å². The van der Waals surface area contributed by atoms with Crippen molar-refractivity contribution in [1.29, 1.82) is 0 Å². The molecule has 56 heavy (non-hydrogen) atoms. The topological polar surface area (TPSA) is 120 Å². The molecule has 0 spiro atoms. The highest BCUT2D eigenvalue weighted by atomic mass is 31.2. The smallest absolute Gasteiger partial charge is 0.462 e. The molecule has 0 radical (unpaired) electrons. The van der Waals surface area contributed by atoms with Gasteiger partial charge in [-0.05, 0) is 84.1 Å². The normalized spacial score (nSPS) is 13.7. The van der Waals surface area contributed by atoms with Gasteiger partial charge in [0.05, 0.1) is 13.2 Å². The average Bonchev–Trinajstić information content (AvgIpc) is 3.18. The Kier molecular flexibility index (Phi) is 41.0. The van der Waals surface area contributed by atoms with E-state index in [4.69, 9.17) is 18.5 Å². The van der Waals surface area contributed by atoms with Gasteiger partial charge in [0, 0.05) is 19.4 Å². The zero-order valence-corrected chi connectivity index (χ0v) is 37.0. The summed E-state index contributed by atoms with van der Waals surface area (Å²) in [6.07, 6.45) is 47.2. The summed E-state index contributed by atoms with van der Waals surface area (Å²) in [7, 11) is -2.66. The fourth-order valence-corrected chi connectivity index (χ4v) is 6.72. The van der Waals surface area contributed by atoms with E-state index in [1.807, 2.05) is 0 Å². The number of hydrogen-bond donors (Lipinski definition) is 2. The number of allylic oxidation sites excluding steroid dienone is 8. The predicted molar refractivity (Wildman–Crippen MR) is 234 cm³/mol. The zero-order valence-electron chi connectivity index (χ0n) is 36.1. The lowest BCUT2D eigenvalue weighted by molar-refractivity contribution is -0.161. The molecule has 0 saturated heterocycles. The van der Waals surface area contributed by atoms with Crippen LogP contribution in [0, 0.1) is 0 Å². The van der Waals surface area contributed by atoms with Crippen molar-refractivity contribution in [3.05, 3.63) is 48.6 Å².